The van der Waals surface area contributed by atoms with Gasteiger partial charge in [0.05, 0.1) is 23.4 Å². The summed E-state index contributed by atoms with van der Waals surface area (Å²) in [6.45, 7) is 0. The van der Waals surface area contributed by atoms with Crippen molar-refractivity contribution in [3.8, 4) is 0 Å². The normalized spacial score (nSPS) is 33.5. The van der Waals surface area contributed by atoms with Crippen LogP contribution >= 0.6 is 0 Å². The maximum absolute atomic E-state index is 13.9. The smallest absolute Gasteiger partial charge is 0.385 e. The molecule has 1 aromatic rings. The number of ether oxygens (including phenoxy) is 1. The van der Waals surface area contributed by atoms with Gasteiger partial charge < -0.3 is 9.84 Å². The summed E-state index contributed by atoms with van der Waals surface area (Å²) < 4.78 is 57.6. The van der Waals surface area contributed by atoms with Gasteiger partial charge in [-0.05, 0) is 31.0 Å². The van der Waals surface area contributed by atoms with Crippen molar-refractivity contribution >= 4 is 0 Å². The van der Waals surface area contributed by atoms with Crippen molar-refractivity contribution in [1.82, 2.24) is 0 Å². The number of alkyl halides is 3. The second-order valence-corrected chi connectivity index (χ2v) is 5.59. The van der Waals surface area contributed by atoms with Gasteiger partial charge in [0.15, 0.2) is 0 Å². The first kappa shape index (κ1) is 13.8. The highest BCUT2D eigenvalue weighted by atomic mass is 19.4. The lowest BCUT2D eigenvalue weighted by Gasteiger charge is -2.37. The van der Waals surface area contributed by atoms with E-state index in [-0.39, 0.29) is 30.6 Å². The van der Waals surface area contributed by atoms with Crippen LogP contribution in [0.4, 0.5) is 17.6 Å². The fraction of sp³-hybridized carbons (Fsp3) is 0.571. The van der Waals surface area contributed by atoms with Crippen LogP contribution in [0.25, 0.3) is 0 Å². The number of aliphatic hydroxyl groups is 1. The van der Waals surface area contributed by atoms with E-state index in [1.807, 2.05) is 0 Å². The van der Waals surface area contributed by atoms with Gasteiger partial charge in [0.25, 0.3) is 0 Å². The van der Waals surface area contributed by atoms with Crippen molar-refractivity contribution in [3.63, 3.8) is 0 Å². The van der Waals surface area contributed by atoms with Crippen LogP contribution in [0, 0.1) is 5.82 Å². The first-order valence-electron chi connectivity index (χ1n) is 6.53. The van der Waals surface area contributed by atoms with Gasteiger partial charge in [-0.1, -0.05) is 0 Å². The Kier molecular flexibility index (Phi) is 3.06. The van der Waals surface area contributed by atoms with Gasteiger partial charge in [-0.2, -0.15) is 13.2 Å². The minimum absolute atomic E-state index is 0.141. The minimum Gasteiger partial charge on any atom is -0.385 e. The highest BCUT2D eigenvalue weighted by Crippen LogP contribution is 2.45. The molecule has 1 aromatic carbocycles. The van der Waals surface area contributed by atoms with Crippen LogP contribution in [-0.2, 0) is 16.5 Å². The second-order valence-electron chi connectivity index (χ2n) is 5.59. The Hall–Kier alpha value is -1.14. The van der Waals surface area contributed by atoms with Crippen molar-refractivity contribution in [2.45, 2.75) is 49.7 Å². The monoisotopic (exact) mass is 290 g/mol. The number of fused-ring (bicyclic) bond motifs is 2. The van der Waals surface area contributed by atoms with Crippen LogP contribution in [-0.4, -0.2) is 17.3 Å². The molecule has 110 valence electrons. The van der Waals surface area contributed by atoms with Crippen molar-refractivity contribution in [2.24, 2.45) is 0 Å². The lowest BCUT2D eigenvalue weighted by molar-refractivity contribution is -0.138. The highest BCUT2D eigenvalue weighted by Gasteiger charge is 2.46. The zero-order chi connectivity index (χ0) is 14.5. The molecular formula is C14H14F4O2. The standard InChI is InChI=1S/C14H14F4O2/c15-12-4-1-8(14(16,17)18)5-11(12)13(19)6-9-2-3-10(7-13)20-9/h1,4-5,9-10,19H,2-3,6-7H2. The molecule has 2 aliphatic heterocycles. The number of hydrogen-bond donors (Lipinski definition) is 1. The predicted molar refractivity (Wildman–Crippen MR) is 62.4 cm³/mol. The Bertz CT molecular complexity index is 514. The second kappa shape index (κ2) is 4.43. The van der Waals surface area contributed by atoms with Gasteiger partial charge in [0.1, 0.15) is 5.82 Å². The Morgan fingerprint density at radius 1 is 1.15 bits per heavy atom. The van der Waals surface area contributed by atoms with Crippen LogP contribution in [0.5, 0.6) is 0 Å². The molecule has 2 unspecified atom stereocenters. The van der Waals surface area contributed by atoms with Gasteiger partial charge in [0.2, 0.25) is 0 Å². The molecule has 20 heavy (non-hydrogen) atoms. The summed E-state index contributed by atoms with van der Waals surface area (Å²) in [7, 11) is 0. The molecule has 2 nitrogen and oxygen atoms in total. The van der Waals surface area contributed by atoms with Gasteiger partial charge in [0, 0.05) is 18.4 Å². The molecule has 3 rings (SSSR count). The van der Waals surface area contributed by atoms with E-state index < -0.39 is 23.2 Å². The SMILES string of the molecule is OC1(c2cc(C(F)(F)F)ccc2F)CC2CCC(C1)O2. The van der Waals surface area contributed by atoms with Crippen LogP contribution < -0.4 is 0 Å². The van der Waals surface area contributed by atoms with E-state index in [2.05, 4.69) is 0 Å². The number of benzene rings is 1. The summed E-state index contributed by atoms with van der Waals surface area (Å²) in [6, 6.07) is 2.18. The van der Waals surface area contributed by atoms with Crippen LogP contribution in [0.1, 0.15) is 36.8 Å². The summed E-state index contributed by atoms with van der Waals surface area (Å²) in [5, 5.41) is 10.6. The van der Waals surface area contributed by atoms with Gasteiger partial charge in [-0.3, -0.25) is 0 Å². The molecule has 0 aliphatic carbocycles. The largest absolute Gasteiger partial charge is 0.416 e. The summed E-state index contributed by atoms with van der Waals surface area (Å²) in [4.78, 5) is 0. The molecular weight excluding hydrogens is 276 g/mol. The highest BCUT2D eigenvalue weighted by molar-refractivity contribution is 5.32. The molecule has 2 saturated heterocycles. The van der Waals surface area contributed by atoms with Crippen LogP contribution in [0.15, 0.2) is 18.2 Å². The molecule has 0 radical (unpaired) electrons. The van der Waals surface area contributed by atoms with E-state index in [0.29, 0.717) is 6.07 Å². The quantitative estimate of drug-likeness (QED) is 0.804. The summed E-state index contributed by atoms with van der Waals surface area (Å²) in [6.07, 6.45) is -3.16. The zero-order valence-corrected chi connectivity index (χ0v) is 10.6. The van der Waals surface area contributed by atoms with Crippen molar-refractivity contribution in [1.29, 1.82) is 0 Å². The molecule has 2 aliphatic rings. The fourth-order valence-corrected chi connectivity index (χ4v) is 3.20. The Balaban J connectivity index is 2.00. The van der Waals surface area contributed by atoms with Gasteiger partial charge >= 0.3 is 6.18 Å². The third-order valence-corrected chi connectivity index (χ3v) is 4.12. The van der Waals surface area contributed by atoms with E-state index in [4.69, 9.17) is 4.74 Å². The third-order valence-electron chi connectivity index (χ3n) is 4.12. The maximum atomic E-state index is 13.9. The van der Waals surface area contributed by atoms with E-state index in [0.717, 1.165) is 25.0 Å². The number of halogens is 4. The predicted octanol–water partition coefficient (Wildman–Crippen LogP) is 3.37. The molecule has 1 N–H and O–H groups in total. The first-order valence-corrected chi connectivity index (χ1v) is 6.53. The van der Waals surface area contributed by atoms with Gasteiger partial charge in [-0.25, -0.2) is 4.39 Å². The summed E-state index contributed by atoms with van der Waals surface area (Å²) in [5.74, 6) is -0.804. The van der Waals surface area contributed by atoms with E-state index in [9.17, 15) is 22.7 Å². The lowest BCUT2D eigenvalue weighted by Crippen LogP contribution is -2.39. The minimum atomic E-state index is -4.55. The van der Waals surface area contributed by atoms with Crippen molar-refractivity contribution < 1.29 is 27.4 Å². The molecule has 0 spiro atoms. The Morgan fingerprint density at radius 2 is 1.75 bits per heavy atom. The maximum Gasteiger partial charge on any atom is 0.416 e. The number of rotatable bonds is 1. The van der Waals surface area contributed by atoms with Crippen LogP contribution in [0.3, 0.4) is 0 Å². The Labute approximate surface area is 113 Å². The summed E-state index contributed by atoms with van der Waals surface area (Å²) in [5.41, 5.74) is -2.79. The van der Waals surface area contributed by atoms with Gasteiger partial charge in [-0.15, -0.1) is 0 Å². The van der Waals surface area contributed by atoms with Crippen LogP contribution in [0.2, 0.25) is 0 Å². The average Bonchev–Trinajstić information content (AvgIpc) is 2.68. The molecule has 2 heterocycles. The molecule has 0 amide bonds. The fourth-order valence-electron chi connectivity index (χ4n) is 3.20. The van der Waals surface area contributed by atoms with E-state index in [1.54, 1.807) is 0 Å². The van der Waals surface area contributed by atoms with E-state index in [1.165, 1.54) is 0 Å². The molecule has 0 aromatic heterocycles. The Morgan fingerprint density at radius 3 is 2.30 bits per heavy atom. The number of hydrogen-bond acceptors (Lipinski definition) is 2. The first-order chi connectivity index (χ1) is 9.28. The molecule has 2 fully saturated rings. The third kappa shape index (κ3) is 2.31. The summed E-state index contributed by atoms with van der Waals surface area (Å²) >= 11 is 0. The molecule has 2 bridgehead atoms. The van der Waals surface area contributed by atoms with E-state index >= 15 is 0 Å². The molecule has 6 heteroatoms. The topological polar surface area (TPSA) is 29.5 Å². The lowest BCUT2D eigenvalue weighted by atomic mass is 9.82. The molecule has 2 atom stereocenters. The average molecular weight is 290 g/mol. The van der Waals surface area contributed by atoms with Crippen molar-refractivity contribution in [3.05, 3.63) is 35.1 Å². The zero-order valence-electron chi connectivity index (χ0n) is 10.6. The van der Waals surface area contributed by atoms with Crippen molar-refractivity contribution in [2.75, 3.05) is 0 Å². The molecule has 0 saturated carbocycles.